The monoisotopic (exact) mass is 428 g/mol. The summed E-state index contributed by atoms with van der Waals surface area (Å²) < 4.78 is 7.25. The van der Waals surface area contributed by atoms with Gasteiger partial charge in [0.05, 0.1) is 18.9 Å². The fourth-order valence-electron chi connectivity index (χ4n) is 4.29. The van der Waals surface area contributed by atoms with Gasteiger partial charge in [-0.3, -0.25) is 9.59 Å². The molecule has 2 aromatic heterocycles. The van der Waals surface area contributed by atoms with E-state index in [4.69, 9.17) is 4.42 Å². The minimum atomic E-state index is -0.435. The van der Waals surface area contributed by atoms with Crippen molar-refractivity contribution < 1.29 is 18.8 Å². The van der Waals surface area contributed by atoms with Gasteiger partial charge >= 0.3 is 6.03 Å². The third-order valence-corrected chi connectivity index (χ3v) is 5.75. The average Bonchev–Trinajstić information content (AvgIpc) is 3.41. The van der Waals surface area contributed by atoms with Crippen molar-refractivity contribution in [1.82, 2.24) is 30.0 Å². The average molecular weight is 428 g/mol. The summed E-state index contributed by atoms with van der Waals surface area (Å²) in [6.45, 7) is 7.38. The topological polar surface area (TPSA) is 113 Å². The molecule has 4 heterocycles. The number of fused-ring (bicyclic) bond motifs is 3. The number of rotatable bonds is 4. The molecule has 1 fully saturated rings. The molecule has 10 heteroatoms. The van der Waals surface area contributed by atoms with Crippen LogP contribution in [0.1, 0.15) is 52.4 Å². The number of carbonyl (C=O) groups is 3. The number of furan rings is 1. The summed E-state index contributed by atoms with van der Waals surface area (Å²) in [5.74, 6) is 0.765. The Balaban J connectivity index is 1.57. The van der Waals surface area contributed by atoms with Crippen molar-refractivity contribution in [3.63, 3.8) is 0 Å². The Kier molecular flexibility index (Phi) is 5.47. The predicted molar refractivity (Wildman–Crippen MR) is 112 cm³/mol. The summed E-state index contributed by atoms with van der Waals surface area (Å²) >= 11 is 0. The van der Waals surface area contributed by atoms with Crippen molar-refractivity contribution in [3.05, 3.63) is 41.4 Å². The molecule has 166 valence electrons. The molecule has 0 aromatic carbocycles. The first-order valence-corrected chi connectivity index (χ1v) is 10.5. The van der Waals surface area contributed by atoms with E-state index in [9.17, 15) is 14.4 Å². The quantitative estimate of drug-likeness (QED) is 0.764. The van der Waals surface area contributed by atoms with Crippen LogP contribution in [0.2, 0.25) is 0 Å². The highest BCUT2D eigenvalue weighted by Gasteiger charge is 2.43. The number of likely N-dealkylation sites (tertiary alicyclic amines) is 1. The van der Waals surface area contributed by atoms with Crippen molar-refractivity contribution in [3.8, 4) is 0 Å². The number of nitrogens with one attached hydrogen (secondary N) is 2. The van der Waals surface area contributed by atoms with E-state index in [1.54, 1.807) is 33.8 Å². The van der Waals surface area contributed by atoms with E-state index in [2.05, 4.69) is 15.6 Å². The van der Waals surface area contributed by atoms with Gasteiger partial charge in [0.1, 0.15) is 17.2 Å². The normalized spacial score (nSPS) is 20.5. The Morgan fingerprint density at radius 3 is 2.71 bits per heavy atom. The van der Waals surface area contributed by atoms with Crippen molar-refractivity contribution in [2.75, 3.05) is 26.7 Å². The molecule has 2 N–H and O–H groups in total. The molecule has 2 aliphatic rings. The fourth-order valence-corrected chi connectivity index (χ4v) is 4.29. The minimum Gasteiger partial charge on any atom is -0.465 e. The maximum Gasteiger partial charge on any atom is 0.317 e. The lowest BCUT2D eigenvalue weighted by atomic mass is 10.0. The number of hydrogen-bond acceptors (Lipinski definition) is 5. The molecule has 4 amide bonds. The van der Waals surface area contributed by atoms with Gasteiger partial charge in [-0.25, -0.2) is 9.78 Å². The molecule has 0 radical (unpaired) electrons. The van der Waals surface area contributed by atoms with E-state index in [-0.39, 0.29) is 47.9 Å². The third-order valence-electron chi connectivity index (χ3n) is 5.75. The first kappa shape index (κ1) is 21.0. The molecule has 2 aromatic rings. The Morgan fingerprint density at radius 1 is 1.26 bits per heavy atom. The lowest BCUT2D eigenvalue weighted by Crippen LogP contribution is -2.42. The second-order valence-corrected chi connectivity index (χ2v) is 8.57. The standard InChI is InChI=1S/C21H28N6O4/c1-12(2)24-21(30)26-9-14-8-25(4)20(29)18-17(23-11-27(18)16(14)10-26)19(28)22-7-15-6-5-13(3)31-15/h5-6,11-12,14,16H,7-10H2,1-4H3,(H,22,28)(H,24,30)/t14-,16-/m0/s1. The van der Waals surface area contributed by atoms with Crippen LogP contribution in [0, 0.1) is 12.8 Å². The maximum atomic E-state index is 13.1. The van der Waals surface area contributed by atoms with Gasteiger partial charge in [0.25, 0.3) is 11.8 Å². The summed E-state index contributed by atoms with van der Waals surface area (Å²) in [5, 5.41) is 5.70. The van der Waals surface area contributed by atoms with Gasteiger partial charge in [0.15, 0.2) is 5.69 Å². The second kappa shape index (κ2) is 8.09. The van der Waals surface area contributed by atoms with E-state index >= 15 is 0 Å². The molecule has 2 aliphatic heterocycles. The Morgan fingerprint density at radius 2 is 2.03 bits per heavy atom. The number of aryl methyl sites for hydroxylation is 1. The molecule has 0 spiro atoms. The molecule has 0 aliphatic carbocycles. The largest absolute Gasteiger partial charge is 0.465 e. The summed E-state index contributed by atoms with van der Waals surface area (Å²) in [6.07, 6.45) is 1.54. The molecule has 0 unspecified atom stereocenters. The zero-order chi connectivity index (χ0) is 22.3. The lowest BCUT2D eigenvalue weighted by molar-refractivity contribution is 0.0773. The third kappa shape index (κ3) is 4.01. The number of aromatic nitrogens is 2. The minimum absolute atomic E-state index is 0.0409. The highest BCUT2D eigenvalue weighted by molar-refractivity contribution is 6.05. The van der Waals surface area contributed by atoms with Crippen LogP contribution >= 0.6 is 0 Å². The lowest BCUT2D eigenvalue weighted by Gasteiger charge is -2.21. The molecule has 0 bridgehead atoms. The van der Waals surface area contributed by atoms with Crippen LogP contribution in [0.5, 0.6) is 0 Å². The smallest absolute Gasteiger partial charge is 0.317 e. The molecule has 1 saturated heterocycles. The van der Waals surface area contributed by atoms with E-state index in [0.29, 0.717) is 25.4 Å². The predicted octanol–water partition coefficient (Wildman–Crippen LogP) is 1.39. The fraction of sp³-hybridized carbons (Fsp3) is 0.524. The van der Waals surface area contributed by atoms with Crippen molar-refractivity contribution in [1.29, 1.82) is 0 Å². The van der Waals surface area contributed by atoms with E-state index in [1.165, 1.54) is 0 Å². The summed E-state index contributed by atoms with van der Waals surface area (Å²) in [4.78, 5) is 46.1. The van der Waals surface area contributed by atoms with Gasteiger partial charge in [-0.05, 0) is 32.9 Å². The van der Waals surface area contributed by atoms with E-state index in [0.717, 1.165) is 5.76 Å². The number of urea groups is 1. The number of amides is 4. The molecule has 2 atom stereocenters. The van der Waals surface area contributed by atoms with Crippen LogP contribution in [-0.4, -0.2) is 69.9 Å². The van der Waals surface area contributed by atoms with Gasteiger partial charge in [-0.15, -0.1) is 0 Å². The molecular formula is C21H28N6O4. The summed E-state index contributed by atoms with van der Waals surface area (Å²) in [6, 6.07) is 3.42. The molecule has 31 heavy (non-hydrogen) atoms. The Labute approximate surface area is 180 Å². The summed E-state index contributed by atoms with van der Waals surface area (Å²) in [5.41, 5.74) is 0.347. The van der Waals surface area contributed by atoms with Gasteiger partial charge in [-0.1, -0.05) is 0 Å². The van der Waals surface area contributed by atoms with Crippen LogP contribution in [0.3, 0.4) is 0 Å². The van der Waals surface area contributed by atoms with Gasteiger partial charge in [0, 0.05) is 38.6 Å². The molecule has 10 nitrogen and oxygen atoms in total. The highest BCUT2D eigenvalue weighted by Crippen LogP contribution is 2.33. The van der Waals surface area contributed by atoms with Gasteiger partial charge < -0.3 is 29.4 Å². The van der Waals surface area contributed by atoms with Gasteiger partial charge in [0.2, 0.25) is 0 Å². The van der Waals surface area contributed by atoms with Crippen molar-refractivity contribution in [2.24, 2.45) is 5.92 Å². The number of nitrogens with zero attached hydrogens (tertiary/aromatic N) is 4. The van der Waals surface area contributed by atoms with Crippen molar-refractivity contribution in [2.45, 2.75) is 39.4 Å². The van der Waals surface area contributed by atoms with E-state index in [1.807, 2.05) is 26.8 Å². The van der Waals surface area contributed by atoms with Crippen LogP contribution < -0.4 is 10.6 Å². The highest BCUT2D eigenvalue weighted by atomic mass is 16.3. The van der Waals surface area contributed by atoms with Crippen LogP contribution in [-0.2, 0) is 6.54 Å². The summed E-state index contributed by atoms with van der Waals surface area (Å²) in [7, 11) is 1.71. The van der Waals surface area contributed by atoms with E-state index < -0.39 is 5.91 Å². The number of imidazole rings is 1. The SMILES string of the molecule is Cc1ccc(CNC(=O)c2ncn3c2C(=O)N(C)C[C@H]2CN(C(=O)NC(C)C)C[C@@H]23)o1. The van der Waals surface area contributed by atoms with Crippen LogP contribution in [0.15, 0.2) is 22.9 Å². The van der Waals surface area contributed by atoms with Crippen molar-refractivity contribution >= 4 is 17.8 Å². The number of carbonyl (C=O) groups excluding carboxylic acids is 3. The second-order valence-electron chi connectivity index (χ2n) is 8.57. The first-order valence-electron chi connectivity index (χ1n) is 10.5. The first-order chi connectivity index (χ1) is 14.7. The zero-order valence-electron chi connectivity index (χ0n) is 18.2. The Hall–Kier alpha value is -3.30. The molecule has 0 saturated carbocycles. The molecular weight excluding hydrogens is 400 g/mol. The zero-order valence-corrected chi connectivity index (χ0v) is 18.2. The Bertz CT molecular complexity index is 1010. The van der Waals surface area contributed by atoms with Crippen LogP contribution in [0.4, 0.5) is 4.79 Å². The van der Waals surface area contributed by atoms with Crippen LogP contribution in [0.25, 0.3) is 0 Å². The molecule has 4 rings (SSSR count). The van der Waals surface area contributed by atoms with Gasteiger partial charge in [-0.2, -0.15) is 0 Å². The number of hydrogen-bond donors (Lipinski definition) is 2. The maximum absolute atomic E-state index is 13.1.